The molecule has 0 radical (unpaired) electrons. The molecule has 1 heterocycles. The summed E-state index contributed by atoms with van der Waals surface area (Å²) in [5.74, 6) is 0.851. The summed E-state index contributed by atoms with van der Waals surface area (Å²) in [6.45, 7) is 6.13. The fourth-order valence-electron chi connectivity index (χ4n) is 1.59. The Morgan fingerprint density at radius 3 is 2.73 bits per heavy atom. The number of hydrogen-bond acceptors (Lipinski definition) is 2. The SMILES string of the molecule is CC1=Cc2cc(C#N)ccc2OC1(C)C. The number of benzene rings is 1. The first-order valence-corrected chi connectivity index (χ1v) is 4.95. The summed E-state index contributed by atoms with van der Waals surface area (Å²) < 4.78 is 5.85. The molecule has 0 bridgehead atoms. The third-order valence-electron chi connectivity index (χ3n) is 2.83. The lowest BCUT2D eigenvalue weighted by Crippen LogP contribution is -2.31. The van der Waals surface area contributed by atoms with E-state index in [0.29, 0.717) is 5.56 Å². The monoisotopic (exact) mass is 199 g/mol. The van der Waals surface area contributed by atoms with Gasteiger partial charge in [-0.25, -0.2) is 0 Å². The van der Waals surface area contributed by atoms with Crippen LogP contribution in [0.1, 0.15) is 31.9 Å². The van der Waals surface area contributed by atoms with Crippen LogP contribution in [0.2, 0.25) is 0 Å². The van der Waals surface area contributed by atoms with E-state index in [1.165, 1.54) is 5.57 Å². The van der Waals surface area contributed by atoms with E-state index in [4.69, 9.17) is 10.00 Å². The summed E-state index contributed by atoms with van der Waals surface area (Å²) in [6, 6.07) is 7.62. The van der Waals surface area contributed by atoms with Gasteiger partial charge < -0.3 is 4.74 Å². The van der Waals surface area contributed by atoms with Crippen molar-refractivity contribution in [1.29, 1.82) is 5.26 Å². The first-order valence-electron chi connectivity index (χ1n) is 4.95. The lowest BCUT2D eigenvalue weighted by Gasteiger charge is -2.32. The molecule has 1 aliphatic heterocycles. The van der Waals surface area contributed by atoms with E-state index < -0.39 is 0 Å². The zero-order valence-electron chi connectivity index (χ0n) is 9.16. The van der Waals surface area contributed by atoms with Gasteiger partial charge in [0.15, 0.2) is 0 Å². The largest absolute Gasteiger partial charge is 0.483 e. The van der Waals surface area contributed by atoms with Gasteiger partial charge in [0, 0.05) is 5.56 Å². The molecule has 0 saturated heterocycles. The van der Waals surface area contributed by atoms with Gasteiger partial charge in [0.2, 0.25) is 0 Å². The molecule has 0 unspecified atom stereocenters. The van der Waals surface area contributed by atoms with Crippen LogP contribution >= 0.6 is 0 Å². The van der Waals surface area contributed by atoms with Crippen LogP contribution in [0.25, 0.3) is 6.08 Å². The molecular weight excluding hydrogens is 186 g/mol. The van der Waals surface area contributed by atoms with E-state index in [9.17, 15) is 0 Å². The summed E-state index contributed by atoms with van der Waals surface area (Å²) in [5, 5.41) is 8.80. The normalized spacial score (nSPS) is 17.1. The molecule has 76 valence electrons. The van der Waals surface area contributed by atoms with E-state index in [1.54, 1.807) is 6.07 Å². The van der Waals surface area contributed by atoms with Crippen LogP contribution in [0.15, 0.2) is 23.8 Å². The highest BCUT2D eigenvalue weighted by molar-refractivity contribution is 5.65. The number of fused-ring (bicyclic) bond motifs is 1. The molecule has 1 aromatic rings. The average Bonchev–Trinajstić information content (AvgIpc) is 2.19. The maximum absolute atomic E-state index is 8.80. The molecule has 2 nitrogen and oxygen atoms in total. The van der Waals surface area contributed by atoms with Crippen molar-refractivity contribution in [3.05, 3.63) is 34.9 Å². The number of nitrogens with zero attached hydrogens (tertiary/aromatic N) is 1. The highest BCUT2D eigenvalue weighted by Crippen LogP contribution is 2.35. The Balaban J connectivity index is 2.54. The summed E-state index contributed by atoms with van der Waals surface area (Å²) in [6.07, 6.45) is 2.08. The molecule has 0 N–H and O–H groups in total. The smallest absolute Gasteiger partial charge is 0.127 e. The Morgan fingerprint density at radius 2 is 2.07 bits per heavy atom. The number of hydrogen-bond donors (Lipinski definition) is 0. The van der Waals surface area contributed by atoms with E-state index in [1.807, 2.05) is 32.9 Å². The zero-order chi connectivity index (χ0) is 11.1. The summed E-state index contributed by atoms with van der Waals surface area (Å²) in [4.78, 5) is 0. The predicted octanol–water partition coefficient (Wildman–Crippen LogP) is 3.13. The lowest BCUT2D eigenvalue weighted by molar-refractivity contribution is 0.145. The Bertz CT molecular complexity index is 478. The van der Waals surface area contributed by atoms with E-state index in [2.05, 4.69) is 12.1 Å². The highest BCUT2D eigenvalue weighted by Gasteiger charge is 2.27. The van der Waals surface area contributed by atoms with Gasteiger partial charge in [-0.1, -0.05) is 0 Å². The molecule has 0 saturated carbocycles. The standard InChI is InChI=1S/C13H13NO/c1-9-6-11-7-10(8-14)4-5-12(11)15-13(9,2)3/h4-7H,1-3H3. The Hall–Kier alpha value is -1.75. The van der Waals surface area contributed by atoms with Crippen LogP contribution in [0, 0.1) is 11.3 Å². The van der Waals surface area contributed by atoms with Crippen molar-refractivity contribution in [2.75, 3.05) is 0 Å². The maximum Gasteiger partial charge on any atom is 0.127 e. The van der Waals surface area contributed by atoms with E-state index >= 15 is 0 Å². The first-order chi connectivity index (χ1) is 7.03. The van der Waals surface area contributed by atoms with Crippen molar-refractivity contribution in [2.45, 2.75) is 26.4 Å². The second-order valence-corrected chi connectivity index (χ2v) is 4.30. The second-order valence-electron chi connectivity index (χ2n) is 4.30. The molecule has 2 heteroatoms. The van der Waals surface area contributed by atoms with Crippen molar-refractivity contribution in [1.82, 2.24) is 0 Å². The summed E-state index contributed by atoms with van der Waals surface area (Å²) in [5.41, 5.74) is 2.58. The predicted molar refractivity (Wildman–Crippen MR) is 59.5 cm³/mol. The topological polar surface area (TPSA) is 33.0 Å². The van der Waals surface area contributed by atoms with Gasteiger partial charge in [-0.2, -0.15) is 5.26 Å². The lowest BCUT2D eigenvalue weighted by atomic mass is 9.93. The average molecular weight is 199 g/mol. The molecule has 0 amide bonds. The molecule has 15 heavy (non-hydrogen) atoms. The third kappa shape index (κ3) is 1.61. The van der Waals surface area contributed by atoms with Crippen LogP contribution in [0.3, 0.4) is 0 Å². The van der Waals surface area contributed by atoms with Gasteiger partial charge in [0.25, 0.3) is 0 Å². The number of rotatable bonds is 0. The van der Waals surface area contributed by atoms with Crippen LogP contribution < -0.4 is 4.74 Å². The number of nitriles is 1. The van der Waals surface area contributed by atoms with Crippen LogP contribution in [0.4, 0.5) is 0 Å². The van der Waals surface area contributed by atoms with Crippen molar-refractivity contribution >= 4 is 6.08 Å². The third-order valence-corrected chi connectivity index (χ3v) is 2.83. The quantitative estimate of drug-likeness (QED) is 0.643. The minimum absolute atomic E-state index is 0.249. The highest BCUT2D eigenvalue weighted by atomic mass is 16.5. The molecule has 0 aromatic heterocycles. The first kappa shape index (κ1) is 9.79. The van der Waals surface area contributed by atoms with Crippen molar-refractivity contribution in [3.63, 3.8) is 0 Å². The van der Waals surface area contributed by atoms with E-state index in [0.717, 1.165) is 11.3 Å². The van der Waals surface area contributed by atoms with Gasteiger partial charge in [0.1, 0.15) is 11.4 Å². The van der Waals surface area contributed by atoms with Crippen LogP contribution in [0.5, 0.6) is 5.75 Å². The van der Waals surface area contributed by atoms with Crippen molar-refractivity contribution in [3.8, 4) is 11.8 Å². The van der Waals surface area contributed by atoms with Crippen LogP contribution in [-0.2, 0) is 0 Å². The molecule has 2 rings (SSSR count). The molecule has 0 fully saturated rings. The number of ether oxygens (including phenoxy) is 1. The molecule has 0 atom stereocenters. The molecular formula is C13H13NO. The Kier molecular flexibility index (Phi) is 2.04. The molecule has 0 aliphatic carbocycles. The maximum atomic E-state index is 8.80. The van der Waals surface area contributed by atoms with Gasteiger partial charge in [0.05, 0.1) is 11.6 Å². The molecule has 1 aromatic carbocycles. The fourth-order valence-corrected chi connectivity index (χ4v) is 1.59. The zero-order valence-corrected chi connectivity index (χ0v) is 9.16. The Morgan fingerprint density at radius 1 is 1.33 bits per heavy atom. The second kappa shape index (κ2) is 3.13. The molecule has 1 aliphatic rings. The fraction of sp³-hybridized carbons (Fsp3) is 0.308. The summed E-state index contributed by atoms with van der Waals surface area (Å²) >= 11 is 0. The Labute approximate surface area is 89.8 Å². The van der Waals surface area contributed by atoms with Crippen molar-refractivity contribution < 1.29 is 4.74 Å². The van der Waals surface area contributed by atoms with Gasteiger partial charge >= 0.3 is 0 Å². The minimum Gasteiger partial charge on any atom is -0.483 e. The molecule has 0 spiro atoms. The van der Waals surface area contributed by atoms with Gasteiger partial charge in [-0.3, -0.25) is 0 Å². The summed E-state index contributed by atoms with van der Waals surface area (Å²) in [7, 11) is 0. The van der Waals surface area contributed by atoms with Gasteiger partial charge in [-0.05, 0) is 50.6 Å². The van der Waals surface area contributed by atoms with Crippen LogP contribution in [-0.4, -0.2) is 5.60 Å². The van der Waals surface area contributed by atoms with Gasteiger partial charge in [-0.15, -0.1) is 0 Å². The van der Waals surface area contributed by atoms with E-state index in [-0.39, 0.29) is 5.60 Å². The van der Waals surface area contributed by atoms with Crippen molar-refractivity contribution in [2.24, 2.45) is 0 Å². The minimum atomic E-state index is -0.249.